The van der Waals surface area contributed by atoms with Crippen molar-refractivity contribution in [3.8, 4) is 0 Å². The second kappa shape index (κ2) is 7.25. The van der Waals surface area contributed by atoms with E-state index in [0.29, 0.717) is 25.2 Å². The Kier molecular flexibility index (Phi) is 5.62. The van der Waals surface area contributed by atoms with Gasteiger partial charge in [0.15, 0.2) is 0 Å². The monoisotopic (exact) mass is 310 g/mol. The van der Waals surface area contributed by atoms with Crippen LogP contribution in [0.25, 0.3) is 0 Å². The maximum atomic E-state index is 12.2. The van der Waals surface area contributed by atoms with E-state index >= 15 is 0 Å². The molecule has 3 N–H and O–H groups in total. The lowest BCUT2D eigenvalue weighted by Crippen LogP contribution is -2.35. The van der Waals surface area contributed by atoms with Gasteiger partial charge in [-0.15, -0.1) is 12.4 Å². The number of rotatable bonds is 3. The largest absolute Gasteiger partial charge is 0.372 e. The van der Waals surface area contributed by atoms with E-state index in [-0.39, 0.29) is 18.3 Å². The molecule has 0 bridgehead atoms. The average molecular weight is 311 g/mol. The van der Waals surface area contributed by atoms with Crippen molar-refractivity contribution >= 4 is 18.3 Å². The minimum Gasteiger partial charge on any atom is -0.372 e. The Hall–Kier alpha value is -1.10. The van der Waals surface area contributed by atoms with Crippen molar-refractivity contribution in [2.45, 2.75) is 44.9 Å². The first-order chi connectivity index (χ1) is 9.72. The van der Waals surface area contributed by atoms with Crippen molar-refractivity contribution < 1.29 is 9.53 Å². The minimum atomic E-state index is 0. The van der Waals surface area contributed by atoms with Crippen molar-refractivity contribution in [2.75, 3.05) is 6.54 Å². The van der Waals surface area contributed by atoms with Crippen molar-refractivity contribution in [2.24, 2.45) is 11.7 Å². The Morgan fingerprint density at radius 3 is 2.90 bits per heavy atom. The highest BCUT2D eigenvalue weighted by Gasteiger charge is 2.20. The molecule has 2 unspecified atom stereocenters. The molecule has 1 aliphatic heterocycles. The normalized spacial score (nSPS) is 24.0. The standard InChI is InChI=1S/C16H22N2O2.ClH/c17-15-3-1-2-11(6-15)8-18-16(19)12-4-5-13-9-20-10-14(13)7-12;/h4-5,7,11,15H,1-3,6,8-10,17H2,(H,18,19);1H. The zero-order valence-electron chi connectivity index (χ0n) is 12.1. The summed E-state index contributed by atoms with van der Waals surface area (Å²) >= 11 is 0. The third kappa shape index (κ3) is 3.96. The van der Waals surface area contributed by atoms with E-state index in [4.69, 9.17) is 10.5 Å². The van der Waals surface area contributed by atoms with Crippen LogP contribution in [0.2, 0.25) is 0 Å². The van der Waals surface area contributed by atoms with Crippen LogP contribution in [0.1, 0.15) is 47.2 Å². The average Bonchev–Trinajstić information content (AvgIpc) is 2.92. The van der Waals surface area contributed by atoms with Crippen LogP contribution in [0.4, 0.5) is 0 Å². The summed E-state index contributed by atoms with van der Waals surface area (Å²) in [5.41, 5.74) is 9.04. The summed E-state index contributed by atoms with van der Waals surface area (Å²) < 4.78 is 5.37. The zero-order chi connectivity index (χ0) is 13.9. The zero-order valence-corrected chi connectivity index (χ0v) is 13.0. The summed E-state index contributed by atoms with van der Waals surface area (Å²) in [4.78, 5) is 12.2. The fourth-order valence-electron chi connectivity index (χ4n) is 3.17. The number of ether oxygens (including phenoxy) is 1. The fraction of sp³-hybridized carbons (Fsp3) is 0.562. The molecular weight excluding hydrogens is 288 g/mol. The molecule has 5 heteroatoms. The number of benzene rings is 1. The molecule has 2 aliphatic rings. The Morgan fingerprint density at radius 1 is 1.29 bits per heavy atom. The summed E-state index contributed by atoms with van der Waals surface area (Å²) in [5.74, 6) is 0.541. The summed E-state index contributed by atoms with van der Waals surface area (Å²) in [6, 6.07) is 6.14. The van der Waals surface area contributed by atoms with Gasteiger partial charge in [-0.1, -0.05) is 12.5 Å². The summed E-state index contributed by atoms with van der Waals surface area (Å²) in [5, 5.41) is 3.05. The van der Waals surface area contributed by atoms with Gasteiger partial charge < -0.3 is 15.8 Å². The lowest BCUT2D eigenvalue weighted by Gasteiger charge is -2.26. The summed E-state index contributed by atoms with van der Waals surface area (Å²) in [7, 11) is 0. The van der Waals surface area contributed by atoms with Gasteiger partial charge in [0, 0.05) is 18.2 Å². The summed E-state index contributed by atoms with van der Waals surface area (Å²) in [6.45, 7) is 2.02. The molecule has 1 fully saturated rings. The van der Waals surface area contributed by atoms with E-state index in [1.54, 1.807) is 0 Å². The first kappa shape index (κ1) is 16.3. The topological polar surface area (TPSA) is 64.3 Å². The van der Waals surface area contributed by atoms with Crippen molar-refractivity contribution in [3.63, 3.8) is 0 Å². The van der Waals surface area contributed by atoms with Gasteiger partial charge in [0.25, 0.3) is 5.91 Å². The highest BCUT2D eigenvalue weighted by molar-refractivity contribution is 5.94. The maximum absolute atomic E-state index is 12.2. The molecular formula is C16H23ClN2O2. The third-order valence-corrected chi connectivity index (χ3v) is 4.36. The predicted octanol–water partition coefficient (Wildman–Crippen LogP) is 2.39. The number of hydrogen-bond donors (Lipinski definition) is 2. The molecule has 2 atom stereocenters. The molecule has 0 saturated heterocycles. The number of fused-ring (bicyclic) bond motifs is 1. The van der Waals surface area contributed by atoms with Gasteiger partial charge in [0.2, 0.25) is 0 Å². The van der Waals surface area contributed by atoms with Crippen molar-refractivity contribution in [3.05, 3.63) is 34.9 Å². The molecule has 1 amide bonds. The van der Waals surface area contributed by atoms with Gasteiger partial charge in [-0.3, -0.25) is 4.79 Å². The molecule has 4 nitrogen and oxygen atoms in total. The number of nitrogens with two attached hydrogens (primary N) is 1. The Morgan fingerprint density at radius 2 is 2.10 bits per heavy atom. The van der Waals surface area contributed by atoms with Gasteiger partial charge in [0.05, 0.1) is 13.2 Å². The number of amides is 1. The molecule has 1 aromatic carbocycles. The number of carbonyl (C=O) groups excluding carboxylic acids is 1. The number of nitrogens with one attached hydrogen (secondary N) is 1. The quantitative estimate of drug-likeness (QED) is 0.901. The number of carbonyl (C=O) groups is 1. The summed E-state index contributed by atoms with van der Waals surface area (Å²) in [6.07, 6.45) is 4.50. The van der Waals surface area contributed by atoms with Crippen LogP contribution < -0.4 is 11.1 Å². The first-order valence-corrected chi connectivity index (χ1v) is 7.45. The van der Waals surface area contributed by atoms with Gasteiger partial charge >= 0.3 is 0 Å². The predicted molar refractivity (Wildman–Crippen MR) is 84.4 cm³/mol. The van der Waals surface area contributed by atoms with E-state index in [1.165, 1.54) is 18.4 Å². The van der Waals surface area contributed by atoms with Crippen LogP contribution in [-0.4, -0.2) is 18.5 Å². The molecule has 0 aromatic heterocycles. The van der Waals surface area contributed by atoms with Crippen LogP contribution in [0.5, 0.6) is 0 Å². The molecule has 21 heavy (non-hydrogen) atoms. The molecule has 1 heterocycles. The van der Waals surface area contributed by atoms with Gasteiger partial charge in [-0.2, -0.15) is 0 Å². The lowest BCUT2D eigenvalue weighted by molar-refractivity contribution is 0.0942. The van der Waals surface area contributed by atoms with E-state index in [9.17, 15) is 4.79 Å². The highest BCUT2D eigenvalue weighted by atomic mass is 35.5. The Labute approximate surface area is 131 Å². The van der Waals surface area contributed by atoms with Crippen LogP contribution in [0.15, 0.2) is 18.2 Å². The Balaban J connectivity index is 0.00000161. The van der Waals surface area contributed by atoms with E-state index in [2.05, 4.69) is 5.32 Å². The second-order valence-corrected chi connectivity index (χ2v) is 5.98. The fourth-order valence-corrected chi connectivity index (χ4v) is 3.17. The lowest BCUT2D eigenvalue weighted by atomic mass is 9.86. The molecule has 3 rings (SSSR count). The molecule has 1 aromatic rings. The Bertz CT molecular complexity index is 507. The van der Waals surface area contributed by atoms with Gasteiger partial charge in [-0.05, 0) is 48.4 Å². The first-order valence-electron chi connectivity index (χ1n) is 7.45. The van der Waals surface area contributed by atoms with Crippen LogP contribution >= 0.6 is 12.4 Å². The maximum Gasteiger partial charge on any atom is 0.251 e. The minimum absolute atomic E-state index is 0. The van der Waals surface area contributed by atoms with Crippen molar-refractivity contribution in [1.82, 2.24) is 5.32 Å². The number of hydrogen-bond acceptors (Lipinski definition) is 3. The van der Waals surface area contributed by atoms with E-state index in [1.807, 2.05) is 18.2 Å². The second-order valence-electron chi connectivity index (χ2n) is 5.98. The van der Waals surface area contributed by atoms with E-state index < -0.39 is 0 Å². The van der Waals surface area contributed by atoms with Crippen molar-refractivity contribution in [1.29, 1.82) is 0 Å². The van der Waals surface area contributed by atoms with Gasteiger partial charge in [-0.25, -0.2) is 0 Å². The smallest absolute Gasteiger partial charge is 0.251 e. The highest BCUT2D eigenvalue weighted by Crippen LogP contribution is 2.23. The third-order valence-electron chi connectivity index (χ3n) is 4.36. The van der Waals surface area contributed by atoms with Crippen LogP contribution in [0, 0.1) is 5.92 Å². The molecule has 1 aliphatic carbocycles. The molecule has 1 saturated carbocycles. The molecule has 116 valence electrons. The van der Waals surface area contributed by atoms with Crippen LogP contribution in [0.3, 0.4) is 0 Å². The molecule has 0 radical (unpaired) electrons. The number of halogens is 1. The van der Waals surface area contributed by atoms with Gasteiger partial charge in [0.1, 0.15) is 0 Å². The molecule has 0 spiro atoms. The SMILES string of the molecule is Cl.NC1CCCC(CNC(=O)c2ccc3c(c2)COC3)C1. The van der Waals surface area contributed by atoms with E-state index in [0.717, 1.165) is 30.5 Å². The van der Waals surface area contributed by atoms with Crippen LogP contribution in [-0.2, 0) is 18.0 Å².